The number of likely N-dealkylation sites (N-methyl/N-ethyl adjacent to an activating group) is 1. The van der Waals surface area contributed by atoms with E-state index in [1.807, 2.05) is 6.07 Å². The lowest BCUT2D eigenvalue weighted by atomic mass is 9.48. The Morgan fingerprint density at radius 2 is 2.08 bits per heavy atom. The SMILES string of the molecule is CN(C(=O)/C=C/c1ccc(F)c(Br)c1)C1CC[C@@]2(O)[C@H]3Cc4ccc(O)c5c4[C@@]2(CCN3CC2CC2)C1O5. The summed E-state index contributed by atoms with van der Waals surface area (Å²) >= 11 is 3.19. The molecule has 2 N–H and O–H groups in total. The maximum Gasteiger partial charge on any atom is 0.246 e. The average Bonchev–Trinajstić information content (AvgIpc) is 3.64. The van der Waals surface area contributed by atoms with Gasteiger partial charge in [-0.2, -0.15) is 0 Å². The van der Waals surface area contributed by atoms with Crippen molar-refractivity contribution in [1.29, 1.82) is 0 Å². The molecule has 200 valence electrons. The highest BCUT2D eigenvalue weighted by molar-refractivity contribution is 9.10. The Hall–Kier alpha value is -2.42. The molecular formula is C30H32BrFN2O4. The van der Waals surface area contributed by atoms with Gasteiger partial charge in [-0.1, -0.05) is 12.1 Å². The quantitative estimate of drug-likeness (QED) is 0.511. The van der Waals surface area contributed by atoms with Crippen LogP contribution in [-0.4, -0.2) is 69.8 Å². The lowest BCUT2D eigenvalue weighted by Crippen LogP contribution is -2.78. The van der Waals surface area contributed by atoms with Crippen molar-refractivity contribution in [2.75, 3.05) is 20.1 Å². The van der Waals surface area contributed by atoms with E-state index in [2.05, 4.69) is 20.8 Å². The van der Waals surface area contributed by atoms with E-state index in [1.165, 1.54) is 25.0 Å². The number of nitrogens with zero attached hydrogens (tertiary/aromatic N) is 2. The number of aliphatic hydroxyl groups is 1. The predicted molar refractivity (Wildman–Crippen MR) is 144 cm³/mol. The molecule has 8 heteroatoms. The highest BCUT2D eigenvalue weighted by atomic mass is 79.9. The fraction of sp³-hybridized carbons (Fsp3) is 0.500. The van der Waals surface area contributed by atoms with Gasteiger partial charge < -0.3 is 19.8 Å². The lowest BCUT2D eigenvalue weighted by molar-refractivity contribution is -0.200. The number of piperidine rings is 1. The van der Waals surface area contributed by atoms with Crippen molar-refractivity contribution in [2.24, 2.45) is 5.92 Å². The third-order valence-corrected chi connectivity index (χ3v) is 10.5. The summed E-state index contributed by atoms with van der Waals surface area (Å²) in [5.74, 6) is 0.783. The molecule has 2 heterocycles. The largest absolute Gasteiger partial charge is 0.504 e. The number of phenols is 1. The number of rotatable bonds is 5. The molecule has 2 aliphatic heterocycles. The Bertz CT molecular complexity index is 1360. The van der Waals surface area contributed by atoms with Gasteiger partial charge in [0.15, 0.2) is 11.5 Å². The van der Waals surface area contributed by atoms with Crippen LogP contribution in [0, 0.1) is 11.7 Å². The number of phenolic OH excluding ortho intramolecular Hbond substituents is 1. The molecule has 2 aromatic rings. The molecule has 1 saturated heterocycles. The second-order valence-electron chi connectivity index (χ2n) is 11.9. The molecule has 5 atom stereocenters. The first-order valence-electron chi connectivity index (χ1n) is 13.6. The minimum Gasteiger partial charge on any atom is -0.504 e. The van der Waals surface area contributed by atoms with Gasteiger partial charge in [0.25, 0.3) is 0 Å². The Kier molecular flexibility index (Phi) is 5.53. The summed E-state index contributed by atoms with van der Waals surface area (Å²) in [5.41, 5.74) is 1.18. The number of hydrogen-bond acceptors (Lipinski definition) is 5. The number of carbonyl (C=O) groups is 1. The van der Waals surface area contributed by atoms with Crippen molar-refractivity contribution in [3.05, 3.63) is 63.4 Å². The summed E-state index contributed by atoms with van der Waals surface area (Å²) < 4.78 is 20.6. The maximum absolute atomic E-state index is 13.6. The van der Waals surface area contributed by atoms with Crippen LogP contribution in [0.5, 0.6) is 11.5 Å². The number of ether oxygens (including phenoxy) is 1. The number of carbonyl (C=O) groups excluding carboxylic acids is 1. The summed E-state index contributed by atoms with van der Waals surface area (Å²) in [5, 5.41) is 23.4. The lowest BCUT2D eigenvalue weighted by Gasteiger charge is -2.64. The molecule has 2 unspecified atom stereocenters. The van der Waals surface area contributed by atoms with Gasteiger partial charge in [-0.15, -0.1) is 0 Å². The Morgan fingerprint density at radius 3 is 2.84 bits per heavy atom. The van der Waals surface area contributed by atoms with Crippen molar-refractivity contribution in [3.63, 3.8) is 0 Å². The fourth-order valence-corrected chi connectivity index (χ4v) is 8.31. The predicted octanol–water partition coefficient (Wildman–Crippen LogP) is 4.40. The number of halogens is 2. The summed E-state index contributed by atoms with van der Waals surface area (Å²) in [7, 11) is 1.79. The Labute approximate surface area is 230 Å². The number of benzene rings is 2. The van der Waals surface area contributed by atoms with Gasteiger partial charge in [-0.05, 0) is 102 Å². The molecule has 2 bridgehead atoms. The first kappa shape index (κ1) is 24.6. The minimum atomic E-state index is -0.979. The van der Waals surface area contributed by atoms with Crippen LogP contribution < -0.4 is 4.74 Å². The molecule has 3 aliphatic carbocycles. The van der Waals surface area contributed by atoms with Gasteiger partial charge >= 0.3 is 0 Å². The smallest absolute Gasteiger partial charge is 0.246 e. The van der Waals surface area contributed by atoms with E-state index in [0.29, 0.717) is 28.6 Å². The van der Waals surface area contributed by atoms with Crippen molar-refractivity contribution in [3.8, 4) is 11.5 Å². The monoisotopic (exact) mass is 582 g/mol. The zero-order valence-corrected chi connectivity index (χ0v) is 23.0. The van der Waals surface area contributed by atoms with E-state index in [1.54, 1.807) is 36.2 Å². The molecule has 2 saturated carbocycles. The molecule has 6 nitrogen and oxygen atoms in total. The van der Waals surface area contributed by atoms with Crippen molar-refractivity contribution >= 4 is 27.9 Å². The number of amides is 1. The number of likely N-dealkylation sites (tertiary alicyclic amines) is 1. The molecule has 0 aromatic heterocycles. The van der Waals surface area contributed by atoms with Gasteiger partial charge in [0.2, 0.25) is 5.91 Å². The van der Waals surface area contributed by atoms with Crippen LogP contribution in [0.1, 0.15) is 48.8 Å². The summed E-state index contributed by atoms with van der Waals surface area (Å²) in [4.78, 5) is 17.6. The first-order valence-corrected chi connectivity index (χ1v) is 14.4. The summed E-state index contributed by atoms with van der Waals surface area (Å²) in [6, 6.07) is 8.07. The number of hydrogen-bond donors (Lipinski definition) is 2. The van der Waals surface area contributed by atoms with Gasteiger partial charge in [-0.25, -0.2) is 4.39 Å². The zero-order valence-electron chi connectivity index (χ0n) is 21.4. The van der Waals surface area contributed by atoms with Crippen LogP contribution >= 0.6 is 15.9 Å². The van der Waals surface area contributed by atoms with Crippen LogP contribution in [0.4, 0.5) is 4.39 Å². The average molecular weight is 583 g/mol. The standard InChI is InChI=1S/C30H32BrFN2O4/c1-33(25(36)9-5-17-4-7-21(32)20(31)14-17)22-10-11-30(37)24-15-19-6-8-23(35)27-26(19)29(30,28(22)38-27)12-13-34(24)16-18-2-3-18/h4-9,14,18,22,24,28,35,37H,2-3,10-13,15-16H2,1H3/b9-5+/t22?,24-,28?,29+,30-/m1/s1. The minimum absolute atomic E-state index is 0.00437. The second kappa shape index (κ2) is 8.54. The van der Waals surface area contributed by atoms with E-state index in [4.69, 9.17) is 4.74 Å². The van der Waals surface area contributed by atoms with Gasteiger partial charge in [0.1, 0.15) is 11.9 Å². The third-order valence-electron chi connectivity index (χ3n) is 9.94. The highest BCUT2D eigenvalue weighted by Gasteiger charge is 2.73. The molecule has 2 aromatic carbocycles. The van der Waals surface area contributed by atoms with Gasteiger partial charge in [0.05, 0.1) is 21.5 Å². The molecule has 1 amide bonds. The van der Waals surface area contributed by atoms with Crippen LogP contribution in [0.2, 0.25) is 0 Å². The van der Waals surface area contributed by atoms with Crippen LogP contribution in [-0.2, 0) is 16.6 Å². The van der Waals surface area contributed by atoms with Gasteiger partial charge in [0, 0.05) is 31.3 Å². The molecule has 5 aliphatic rings. The maximum atomic E-state index is 13.6. The number of aromatic hydroxyl groups is 1. The van der Waals surface area contributed by atoms with E-state index >= 15 is 0 Å². The molecule has 7 rings (SSSR count). The molecule has 0 radical (unpaired) electrons. The van der Waals surface area contributed by atoms with Crippen LogP contribution in [0.3, 0.4) is 0 Å². The second-order valence-corrected chi connectivity index (χ2v) is 12.7. The molecule has 38 heavy (non-hydrogen) atoms. The molecule has 3 fully saturated rings. The summed E-state index contributed by atoms with van der Waals surface area (Å²) in [6.07, 6.45) is 7.94. The van der Waals surface area contributed by atoms with E-state index < -0.39 is 17.1 Å². The third kappa shape index (κ3) is 3.39. The normalized spacial score (nSPS) is 33.2. The first-order chi connectivity index (χ1) is 18.2. The van der Waals surface area contributed by atoms with E-state index in [9.17, 15) is 19.4 Å². The topological polar surface area (TPSA) is 73.2 Å². The zero-order chi connectivity index (χ0) is 26.4. The van der Waals surface area contributed by atoms with Crippen molar-refractivity contribution < 1.29 is 24.1 Å². The van der Waals surface area contributed by atoms with Crippen molar-refractivity contribution in [2.45, 2.75) is 67.7 Å². The van der Waals surface area contributed by atoms with E-state index in [-0.39, 0.29) is 29.6 Å². The van der Waals surface area contributed by atoms with Crippen molar-refractivity contribution in [1.82, 2.24) is 9.80 Å². The molecule has 1 spiro atoms. The fourth-order valence-electron chi connectivity index (χ4n) is 7.92. The Morgan fingerprint density at radius 1 is 1.26 bits per heavy atom. The Balaban J connectivity index is 1.23. The van der Waals surface area contributed by atoms with Crippen LogP contribution in [0.15, 0.2) is 40.9 Å². The molecular weight excluding hydrogens is 551 g/mol. The highest BCUT2D eigenvalue weighted by Crippen LogP contribution is 2.66. The van der Waals surface area contributed by atoms with Gasteiger partial charge in [-0.3, -0.25) is 9.69 Å². The van der Waals surface area contributed by atoms with Crippen LogP contribution in [0.25, 0.3) is 6.08 Å². The summed E-state index contributed by atoms with van der Waals surface area (Å²) in [6.45, 7) is 1.91. The van der Waals surface area contributed by atoms with E-state index in [0.717, 1.165) is 43.0 Å².